The summed E-state index contributed by atoms with van der Waals surface area (Å²) in [6.07, 6.45) is 0. The first-order valence-electron chi connectivity index (χ1n) is 37.7. The Morgan fingerprint density at radius 2 is 0.462 bits per heavy atom. The number of nitriles is 2. The number of nitrogens with zero attached hydrogens (tertiary/aromatic N) is 6. The summed E-state index contributed by atoms with van der Waals surface area (Å²) in [6, 6.07) is 162. The molecule has 16 aromatic carbocycles. The van der Waals surface area contributed by atoms with E-state index in [-0.39, 0.29) is 31.0 Å². The van der Waals surface area contributed by atoms with Crippen LogP contribution in [0.1, 0.15) is 11.1 Å². The summed E-state index contributed by atoms with van der Waals surface area (Å²) >= 11 is 17.4. The van der Waals surface area contributed by atoms with Crippen LogP contribution < -0.4 is 68.3 Å². The van der Waals surface area contributed by atoms with Crippen LogP contribution in [0.2, 0.25) is 15.7 Å². The SMILES string of the molecule is Clc1nc(Cl)c2ccccc2n1.N#Cc1ccc(-c2nc(Cl)nc3ccccc23)cc1.N#Cc1ccc(O[B]O)cc1.[Pd].c1ccc(P(c2ccccc2)c2ccccc2)cc1.c1ccc(P(c2ccccc2)c2ccccc2)cc1.c1ccc(P(c2ccccc2)c2ccccc2)cc1.c1ccc(P(c2ccccc2)c2ccccc2)cc1. The molecule has 1 N–H and O–H groups in total. The van der Waals surface area contributed by atoms with Crippen LogP contribution in [0.4, 0.5) is 0 Å². The molecule has 0 saturated carbocycles. The Morgan fingerprint density at radius 3 is 0.706 bits per heavy atom. The number of para-hydroxylation sites is 2. The number of aromatic nitrogens is 4. The van der Waals surface area contributed by atoms with Crippen LogP contribution >= 0.6 is 66.5 Å². The fourth-order valence-corrected chi connectivity index (χ4v) is 22.2. The second kappa shape index (κ2) is 48.2. The van der Waals surface area contributed by atoms with Gasteiger partial charge in [0.05, 0.1) is 40.0 Å². The maximum absolute atomic E-state index is 8.82. The number of hydrogen-bond donors (Lipinski definition) is 1. The molecule has 0 aliphatic rings. The smallest absolute Gasteiger partial charge is 0.537 e. The number of halogens is 3. The van der Waals surface area contributed by atoms with Crippen LogP contribution in [-0.2, 0) is 20.4 Å². The fourth-order valence-electron chi connectivity index (χ4n) is 12.4. The maximum Gasteiger partial charge on any atom is 0.569 e. The second-order valence-electron chi connectivity index (χ2n) is 25.6. The van der Waals surface area contributed by atoms with Crippen LogP contribution in [0, 0.1) is 22.7 Å². The van der Waals surface area contributed by atoms with Crippen molar-refractivity contribution in [2.45, 2.75) is 0 Å². The predicted octanol–water partition coefficient (Wildman–Crippen LogP) is 21.0. The van der Waals surface area contributed by atoms with Crippen molar-refractivity contribution in [3.8, 4) is 29.1 Å². The minimum atomic E-state index is -0.446. The van der Waals surface area contributed by atoms with E-state index < -0.39 is 31.7 Å². The van der Waals surface area contributed by atoms with Gasteiger partial charge in [0.2, 0.25) is 10.6 Å². The monoisotopic (exact) mass is 1760 g/mol. The minimum absolute atomic E-state index is 0. The van der Waals surface area contributed by atoms with Gasteiger partial charge in [-0.1, -0.05) is 418 Å². The minimum Gasteiger partial charge on any atom is -0.537 e. The third-order valence-electron chi connectivity index (χ3n) is 17.7. The summed E-state index contributed by atoms with van der Waals surface area (Å²) in [5.74, 6) is 0.506. The van der Waals surface area contributed by atoms with E-state index in [9.17, 15) is 0 Å². The van der Waals surface area contributed by atoms with Crippen molar-refractivity contribution in [1.29, 1.82) is 10.5 Å². The standard InChI is InChI=1S/4C18H15P.C15H8ClN3.C8H4Cl2N2.C7H5BNO2.Pd/c4*1-4-10-16(11-5-1)19(17-12-6-2-7-13-17)18-14-8-3-9-15-18;16-15-18-13-4-2-1-3-12(13)14(19-15)11-7-5-10(9-17)6-8-11;9-7-5-3-1-2-4-6(5)11-8(10)12-7;9-5-6-1-3-7(4-2-6)11-8-10;/h4*1-15H;1-8H;1-4H;1-4,10H;. The molecule has 2 aromatic heterocycles. The van der Waals surface area contributed by atoms with Crippen LogP contribution in [0.3, 0.4) is 0 Å². The van der Waals surface area contributed by atoms with Crippen molar-refractivity contribution in [2.75, 3.05) is 0 Å². The number of hydrogen-bond acceptors (Lipinski definition) is 8. The Bertz CT molecular complexity index is 5230. The van der Waals surface area contributed by atoms with Gasteiger partial charge in [-0.05, 0) is 173 Å². The predicted molar refractivity (Wildman–Crippen MR) is 505 cm³/mol. The number of rotatable bonds is 15. The topological polar surface area (TPSA) is 129 Å². The molecular weight excluding hydrogens is 1690 g/mol. The van der Waals surface area contributed by atoms with E-state index in [1.165, 1.54) is 63.7 Å². The third kappa shape index (κ3) is 26.4. The average Bonchev–Trinajstić information content (AvgIpc) is 0.803. The summed E-state index contributed by atoms with van der Waals surface area (Å²) in [4.78, 5) is 16.3. The summed E-state index contributed by atoms with van der Waals surface area (Å²) in [6.45, 7) is 0. The van der Waals surface area contributed by atoms with Gasteiger partial charge in [0.1, 0.15) is 10.9 Å². The maximum atomic E-state index is 8.82. The fraction of sp³-hybridized carbons (Fsp3) is 0. The van der Waals surface area contributed by atoms with Crippen molar-refractivity contribution in [1.82, 2.24) is 19.9 Å². The van der Waals surface area contributed by atoms with Gasteiger partial charge in [-0.25, -0.2) is 19.9 Å². The Hall–Kier alpha value is -11.7. The molecule has 0 unspecified atom stereocenters. The summed E-state index contributed by atoms with van der Waals surface area (Å²) in [7, 11) is -1.19. The molecule has 2 heterocycles. The average molecular weight is 1770 g/mol. The summed E-state index contributed by atoms with van der Waals surface area (Å²) < 4.78 is 4.63. The molecule has 0 spiro atoms. The van der Waals surface area contributed by atoms with Crippen LogP contribution in [0.25, 0.3) is 33.1 Å². The Morgan fingerprint density at radius 1 is 0.252 bits per heavy atom. The van der Waals surface area contributed by atoms with Crippen molar-refractivity contribution < 1.29 is 30.1 Å². The second-order valence-corrected chi connectivity index (χ2v) is 35.5. The van der Waals surface area contributed by atoms with Crippen molar-refractivity contribution >= 4 is 160 Å². The molecule has 18 aromatic rings. The van der Waals surface area contributed by atoms with E-state index in [0.29, 0.717) is 29.7 Å². The van der Waals surface area contributed by atoms with Gasteiger partial charge in [-0.2, -0.15) is 10.5 Å². The van der Waals surface area contributed by atoms with E-state index in [1.54, 1.807) is 36.4 Å². The van der Waals surface area contributed by atoms with Crippen molar-refractivity contribution in [2.24, 2.45) is 0 Å². The van der Waals surface area contributed by atoms with Gasteiger partial charge in [-0.15, -0.1) is 0 Å². The first-order valence-corrected chi connectivity index (χ1v) is 44.2. The molecule has 0 atom stereocenters. The van der Waals surface area contributed by atoms with E-state index in [1.807, 2.05) is 66.7 Å². The first kappa shape index (κ1) is 88.1. The van der Waals surface area contributed by atoms with Gasteiger partial charge in [0.25, 0.3) is 0 Å². The van der Waals surface area contributed by atoms with Crippen molar-refractivity contribution in [3.63, 3.8) is 0 Å². The van der Waals surface area contributed by atoms with Gasteiger partial charge in [-0.3, -0.25) is 0 Å². The molecule has 0 saturated heterocycles. The zero-order valence-corrected chi connectivity index (χ0v) is 71.6. The molecule has 8 nitrogen and oxygen atoms in total. The van der Waals surface area contributed by atoms with E-state index >= 15 is 0 Å². The molecule has 119 heavy (non-hydrogen) atoms. The van der Waals surface area contributed by atoms with Gasteiger partial charge < -0.3 is 9.68 Å². The van der Waals surface area contributed by atoms with Gasteiger partial charge in [0.15, 0.2) is 0 Å². The zero-order valence-electron chi connectivity index (χ0n) is 64.2. The largest absolute Gasteiger partial charge is 0.569 e. The molecule has 18 rings (SSSR count). The van der Waals surface area contributed by atoms with Crippen LogP contribution in [-0.4, -0.2) is 32.6 Å². The van der Waals surface area contributed by atoms with E-state index in [2.05, 4.69) is 395 Å². The molecule has 17 heteroatoms. The van der Waals surface area contributed by atoms with Crippen LogP contribution in [0.5, 0.6) is 5.75 Å². The van der Waals surface area contributed by atoms with Crippen LogP contribution in [0.15, 0.2) is 461 Å². The molecule has 1 radical (unpaired) electrons. The van der Waals surface area contributed by atoms with Gasteiger partial charge in [0, 0.05) is 36.8 Å². The summed E-state index contributed by atoms with van der Waals surface area (Å²) in [5.41, 5.74) is 4.45. The van der Waals surface area contributed by atoms with Crippen molar-refractivity contribution in [3.05, 3.63) is 488 Å². The number of benzene rings is 16. The van der Waals surface area contributed by atoms with E-state index in [0.717, 1.165) is 33.1 Å². The third-order valence-corrected chi connectivity index (χ3v) is 28.1. The first-order chi connectivity index (χ1) is 58.2. The molecule has 0 amide bonds. The molecule has 0 fully saturated rings. The molecule has 581 valence electrons. The quantitative estimate of drug-likeness (QED) is 0.0465. The number of fused-ring (bicyclic) bond motifs is 2. The molecule has 0 aliphatic heterocycles. The van der Waals surface area contributed by atoms with E-state index in [4.69, 9.17) is 50.4 Å². The Balaban J connectivity index is 0.000000137. The van der Waals surface area contributed by atoms with Gasteiger partial charge >= 0.3 is 7.69 Å². The zero-order chi connectivity index (χ0) is 81.6. The normalized spacial score (nSPS) is 10.2. The molecule has 0 aliphatic carbocycles. The Labute approximate surface area is 731 Å². The Kier molecular flexibility index (Phi) is 35.7. The molecule has 0 bridgehead atoms. The summed E-state index contributed by atoms with van der Waals surface area (Å²) in [5, 5.41) is 44.8. The molecular formula is C102H77BCl3N6O2P4Pd.